The first-order valence-electron chi connectivity index (χ1n) is 15.8. The summed E-state index contributed by atoms with van der Waals surface area (Å²) in [4.78, 5) is 65.3. The molecule has 2 bridgehead atoms. The van der Waals surface area contributed by atoms with Gasteiger partial charge in [0.1, 0.15) is 24.6 Å². The van der Waals surface area contributed by atoms with E-state index in [9.17, 15) is 28.7 Å². The summed E-state index contributed by atoms with van der Waals surface area (Å²) in [6.07, 6.45) is 9.32. The highest BCUT2D eigenvalue weighted by molar-refractivity contribution is 5.95. The molecule has 1 fully saturated rings. The second kappa shape index (κ2) is 17.3. The van der Waals surface area contributed by atoms with E-state index in [0.717, 1.165) is 6.26 Å². The van der Waals surface area contributed by atoms with Gasteiger partial charge in [-0.2, -0.15) is 0 Å². The average Bonchev–Trinajstić information content (AvgIpc) is 3.73. The number of nitrogens with zero attached hydrogens (tertiary/aromatic N) is 4. The fraction of sp³-hybridized carbons (Fsp3) is 0.485. The van der Waals surface area contributed by atoms with Gasteiger partial charge in [0.05, 0.1) is 25.3 Å². The van der Waals surface area contributed by atoms with E-state index in [-0.39, 0.29) is 49.9 Å². The highest BCUT2D eigenvalue weighted by Gasteiger charge is 2.39. The summed E-state index contributed by atoms with van der Waals surface area (Å²) in [6.45, 7) is 5.53. The predicted octanol–water partition coefficient (Wildman–Crippen LogP) is 3.32. The number of aliphatic hydroxyl groups is 1. The fourth-order valence-electron chi connectivity index (χ4n) is 5.44. The zero-order valence-electron chi connectivity index (χ0n) is 27.1. The predicted molar refractivity (Wildman–Crippen MR) is 170 cm³/mol. The van der Waals surface area contributed by atoms with E-state index in [0.29, 0.717) is 18.4 Å². The van der Waals surface area contributed by atoms with Gasteiger partial charge in [0.15, 0.2) is 17.4 Å². The first-order valence-corrected chi connectivity index (χ1v) is 15.8. The number of amides is 3. The number of oxazole rings is 1. The Morgan fingerprint density at radius 2 is 2.08 bits per heavy atom. The second-order valence-corrected chi connectivity index (χ2v) is 11.9. The fourth-order valence-corrected chi connectivity index (χ4v) is 5.44. The Balaban J connectivity index is 1.54. The Bertz CT molecular complexity index is 1510. The molecular formula is C33H41FN6O8. The van der Waals surface area contributed by atoms with Crippen LogP contribution in [0.2, 0.25) is 0 Å². The number of esters is 1. The number of ether oxygens (including phenoxy) is 2. The second-order valence-electron chi connectivity index (χ2n) is 11.9. The monoisotopic (exact) mass is 668 g/mol. The van der Waals surface area contributed by atoms with E-state index in [1.807, 2.05) is 0 Å². The van der Waals surface area contributed by atoms with Crippen molar-refractivity contribution < 1.29 is 42.6 Å². The molecule has 48 heavy (non-hydrogen) atoms. The minimum absolute atomic E-state index is 0.0102. The van der Waals surface area contributed by atoms with Crippen molar-refractivity contribution >= 4 is 29.7 Å². The molecule has 6 atom stereocenters. The van der Waals surface area contributed by atoms with Gasteiger partial charge in [-0.3, -0.25) is 19.9 Å². The van der Waals surface area contributed by atoms with Crippen LogP contribution in [-0.2, 0) is 25.5 Å². The molecule has 3 amide bonds. The third-order valence-corrected chi connectivity index (χ3v) is 7.83. The summed E-state index contributed by atoms with van der Waals surface area (Å²) in [5.74, 6) is -2.50. The van der Waals surface area contributed by atoms with Crippen LogP contribution in [0.1, 0.15) is 56.4 Å². The molecule has 0 saturated carbocycles. The largest absolute Gasteiger partial charge is 0.460 e. The molecule has 1 saturated heterocycles. The third kappa shape index (κ3) is 10.6. The zero-order valence-corrected chi connectivity index (χ0v) is 27.1. The Kier molecular flexibility index (Phi) is 12.9. The summed E-state index contributed by atoms with van der Waals surface area (Å²) in [6, 6.07) is -0.930. The molecule has 4 rings (SSSR count). The number of cyclic esters (lactones) is 1. The molecule has 2 aliphatic rings. The molecular weight excluding hydrogens is 627 g/mol. The number of aromatic nitrogens is 3. The molecule has 15 heteroatoms. The molecule has 4 heterocycles. The summed E-state index contributed by atoms with van der Waals surface area (Å²) in [5.41, 5.74) is 0.591. The minimum Gasteiger partial charge on any atom is -0.460 e. The van der Waals surface area contributed by atoms with E-state index >= 15 is 0 Å². The van der Waals surface area contributed by atoms with Crippen LogP contribution >= 0.6 is 0 Å². The molecule has 2 aromatic rings. The third-order valence-electron chi connectivity index (χ3n) is 7.83. The number of nitrogens with one attached hydrogen (secondary N) is 2. The topological polar surface area (TPSA) is 186 Å². The number of hydrogen-bond acceptors (Lipinski definition) is 11. The van der Waals surface area contributed by atoms with Crippen LogP contribution < -0.4 is 10.6 Å². The number of alkyl halides is 1. The van der Waals surface area contributed by atoms with Gasteiger partial charge >= 0.3 is 12.1 Å². The molecule has 0 unspecified atom stereocenters. The lowest BCUT2D eigenvalue weighted by Crippen LogP contribution is -2.44. The van der Waals surface area contributed by atoms with Crippen molar-refractivity contribution in [1.29, 1.82) is 0 Å². The summed E-state index contributed by atoms with van der Waals surface area (Å²) < 4.78 is 31.5. The molecule has 2 aromatic heterocycles. The van der Waals surface area contributed by atoms with E-state index in [4.69, 9.17) is 13.9 Å². The molecule has 0 radical (unpaired) electrons. The van der Waals surface area contributed by atoms with Crippen molar-refractivity contribution in [3.05, 3.63) is 72.4 Å². The first-order chi connectivity index (χ1) is 23.0. The normalized spacial score (nSPS) is 26.0. The van der Waals surface area contributed by atoms with Gasteiger partial charge in [-0.1, -0.05) is 43.7 Å². The summed E-state index contributed by atoms with van der Waals surface area (Å²) in [7, 11) is 0. The number of aliphatic hydroxyl groups excluding tert-OH is 1. The standard InChI is InChI=1S/C33H41FN6O8/c1-20-6-4-10-37-28(42)9-8-21(2)30(22(3)18-47-33(45)39-27-17-35-11-12-36-27)48-32(44)26-7-5-13-40(26)31(43)25-19-46-29(38-25)16-23(34)15-24(41)14-20/h4,6,8-9,11-12,14,17,19,21-24,26,30,41H,5,7,10,13,15-16,18H2,1-3H3,(H,37,42)(H,36,39,45)/b6-4?,9-8+,20-14?/t21-,22-,23-,24-,26-,30+/m1/s1. The molecule has 14 nitrogen and oxygen atoms in total. The van der Waals surface area contributed by atoms with Crippen molar-refractivity contribution in [2.24, 2.45) is 11.8 Å². The molecule has 0 aromatic carbocycles. The number of hydrogen-bond donors (Lipinski definition) is 3. The van der Waals surface area contributed by atoms with Gasteiger partial charge in [-0.25, -0.2) is 23.9 Å². The number of fused-ring (bicyclic) bond motifs is 3. The van der Waals surface area contributed by atoms with E-state index in [1.165, 1.54) is 35.6 Å². The van der Waals surface area contributed by atoms with Crippen molar-refractivity contribution in [3.63, 3.8) is 0 Å². The quantitative estimate of drug-likeness (QED) is 0.406. The van der Waals surface area contributed by atoms with Crippen LogP contribution in [0.4, 0.5) is 15.0 Å². The molecule has 0 aliphatic carbocycles. The van der Waals surface area contributed by atoms with Gasteiger partial charge < -0.3 is 29.2 Å². The van der Waals surface area contributed by atoms with E-state index in [2.05, 4.69) is 25.6 Å². The first kappa shape index (κ1) is 35.9. The van der Waals surface area contributed by atoms with Crippen molar-refractivity contribution in [2.45, 2.75) is 70.9 Å². The van der Waals surface area contributed by atoms with Crippen LogP contribution in [0.3, 0.4) is 0 Å². The molecule has 258 valence electrons. The van der Waals surface area contributed by atoms with E-state index in [1.54, 1.807) is 39.0 Å². The molecule has 0 spiro atoms. The Hall–Kier alpha value is -4.92. The highest BCUT2D eigenvalue weighted by atomic mass is 19.1. The molecule has 2 aliphatic heterocycles. The lowest BCUT2D eigenvalue weighted by molar-refractivity contribution is -0.159. The summed E-state index contributed by atoms with van der Waals surface area (Å²) >= 11 is 0. The maximum Gasteiger partial charge on any atom is 0.412 e. The van der Waals surface area contributed by atoms with Crippen LogP contribution in [0, 0.1) is 11.8 Å². The Morgan fingerprint density at radius 3 is 2.85 bits per heavy atom. The van der Waals surface area contributed by atoms with Crippen LogP contribution in [0.15, 0.2) is 65.2 Å². The highest BCUT2D eigenvalue weighted by Crippen LogP contribution is 2.26. The number of halogens is 1. The Labute approximate surface area is 277 Å². The SMILES string of the molecule is CC1=C[C@@H](O)C[C@@H](F)Cc2nc(co2)C(=O)N2CCC[C@@H]2C(=O)O[C@H]([C@H](C)COC(=O)Nc2cnccn2)[C@H](C)/C=C/C(=O)NCC=C1. The number of allylic oxidation sites excluding steroid dienone is 2. The smallest absolute Gasteiger partial charge is 0.412 e. The van der Waals surface area contributed by atoms with Crippen molar-refractivity contribution in [2.75, 3.05) is 25.0 Å². The number of carbonyl (C=O) groups is 4. The van der Waals surface area contributed by atoms with Crippen molar-refractivity contribution in [1.82, 2.24) is 25.2 Å². The number of carbonyl (C=O) groups excluding carboxylic acids is 4. The van der Waals surface area contributed by atoms with Gasteiger partial charge in [0.25, 0.3) is 5.91 Å². The van der Waals surface area contributed by atoms with Gasteiger partial charge in [0, 0.05) is 43.7 Å². The van der Waals surface area contributed by atoms with Crippen molar-refractivity contribution in [3.8, 4) is 0 Å². The average molecular weight is 669 g/mol. The molecule has 3 N–H and O–H groups in total. The van der Waals surface area contributed by atoms with Crippen LogP contribution in [0.25, 0.3) is 0 Å². The lowest BCUT2D eigenvalue weighted by Gasteiger charge is -2.30. The Morgan fingerprint density at radius 1 is 1.27 bits per heavy atom. The lowest BCUT2D eigenvalue weighted by atomic mass is 9.93. The number of anilines is 1. The van der Waals surface area contributed by atoms with Crippen LogP contribution in [-0.4, -0.2) is 93.0 Å². The minimum atomic E-state index is -1.50. The maximum atomic E-state index is 14.8. The van der Waals surface area contributed by atoms with Gasteiger partial charge in [-0.15, -0.1) is 0 Å². The van der Waals surface area contributed by atoms with Gasteiger partial charge in [0.2, 0.25) is 5.91 Å². The zero-order chi connectivity index (χ0) is 34.6. The maximum absolute atomic E-state index is 14.8. The van der Waals surface area contributed by atoms with Gasteiger partial charge in [-0.05, 0) is 25.8 Å². The number of rotatable bonds is 4. The summed E-state index contributed by atoms with van der Waals surface area (Å²) in [5, 5.41) is 15.5. The van der Waals surface area contributed by atoms with E-state index < -0.39 is 60.1 Å². The van der Waals surface area contributed by atoms with Crippen LogP contribution in [0.5, 0.6) is 0 Å².